The number of carbonyl (C=O) groups excluding carboxylic acids is 1. The van der Waals surface area contributed by atoms with Gasteiger partial charge in [0.15, 0.2) is 11.9 Å². The van der Waals surface area contributed by atoms with Crippen LogP contribution in [0.15, 0.2) is 24.3 Å². The van der Waals surface area contributed by atoms with Crippen LogP contribution in [-0.4, -0.2) is 43.3 Å². The zero-order chi connectivity index (χ0) is 26.8. The second-order valence-corrected chi connectivity index (χ2v) is 9.45. The molecule has 1 N–H and O–H groups in total. The maximum atomic E-state index is 12.0. The van der Waals surface area contributed by atoms with Crippen molar-refractivity contribution in [2.75, 3.05) is 20.3 Å². The van der Waals surface area contributed by atoms with E-state index >= 15 is 0 Å². The van der Waals surface area contributed by atoms with Crippen molar-refractivity contribution in [3.63, 3.8) is 0 Å². The number of unbranched alkanes of at least 4 members (excludes halogenated alkanes) is 2. The third-order valence-corrected chi connectivity index (χ3v) is 6.62. The quantitative estimate of drug-likeness (QED) is 0.224. The fourth-order valence-electron chi connectivity index (χ4n) is 4.77. The van der Waals surface area contributed by atoms with E-state index in [0.717, 1.165) is 73.1 Å². The van der Waals surface area contributed by atoms with Gasteiger partial charge in [-0.1, -0.05) is 32.8 Å². The van der Waals surface area contributed by atoms with Crippen LogP contribution in [0, 0.1) is 0 Å². The Morgan fingerprint density at radius 1 is 0.946 bits per heavy atom. The van der Waals surface area contributed by atoms with Crippen LogP contribution in [0.4, 0.5) is 0 Å². The first-order chi connectivity index (χ1) is 17.9. The van der Waals surface area contributed by atoms with E-state index in [1.807, 2.05) is 18.2 Å². The molecule has 0 saturated heterocycles. The lowest BCUT2D eigenvalue weighted by molar-refractivity contribution is -0.145. The number of aliphatic carboxylic acids is 1. The van der Waals surface area contributed by atoms with Crippen molar-refractivity contribution in [2.45, 2.75) is 84.7 Å². The summed E-state index contributed by atoms with van der Waals surface area (Å²) in [4.78, 5) is 23.4. The highest BCUT2D eigenvalue weighted by Crippen LogP contribution is 2.38. The van der Waals surface area contributed by atoms with Gasteiger partial charge >= 0.3 is 5.97 Å². The lowest BCUT2D eigenvalue weighted by atomic mass is 9.96. The number of rotatable bonds is 15. The summed E-state index contributed by atoms with van der Waals surface area (Å²) >= 11 is 0. The van der Waals surface area contributed by atoms with Gasteiger partial charge in [-0.25, -0.2) is 4.79 Å². The van der Waals surface area contributed by atoms with E-state index < -0.39 is 12.1 Å². The monoisotopic (exact) mass is 512 g/mol. The van der Waals surface area contributed by atoms with Crippen LogP contribution in [0.3, 0.4) is 0 Å². The first-order valence-corrected chi connectivity index (χ1v) is 13.4. The summed E-state index contributed by atoms with van der Waals surface area (Å²) in [5.41, 5.74) is 3.56. The minimum Gasteiger partial charge on any atom is -0.496 e. The fourth-order valence-corrected chi connectivity index (χ4v) is 4.77. The number of carboxylic acids is 1. The number of hydrogen-bond donors (Lipinski definition) is 1. The summed E-state index contributed by atoms with van der Waals surface area (Å²) in [5.74, 6) is 1.93. The van der Waals surface area contributed by atoms with Crippen molar-refractivity contribution in [3.8, 4) is 23.0 Å². The van der Waals surface area contributed by atoms with Crippen LogP contribution in [0.5, 0.6) is 23.0 Å². The minimum atomic E-state index is -0.920. The largest absolute Gasteiger partial charge is 0.496 e. The van der Waals surface area contributed by atoms with Gasteiger partial charge in [0.05, 0.1) is 25.9 Å². The standard InChI is InChI=1S/C30H40O7/c1-5-10-23-25(15-12-21-13-16-27(30(32)33)37-28(21)23)35-18-8-7-9-19-36-26-17-14-22(20(3)31)29(34-4)24(26)11-6-2/h12,14-15,17,27H,5-11,13,16,18-19H2,1-4H3,(H,32,33). The molecule has 0 radical (unpaired) electrons. The van der Waals surface area contributed by atoms with Crippen LogP contribution in [0.1, 0.15) is 86.3 Å². The Morgan fingerprint density at radius 2 is 1.57 bits per heavy atom. The molecule has 0 fully saturated rings. The molecule has 1 aliphatic heterocycles. The zero-order valence-electron chi connectivity index (χ0n) is 22.6. The molecule has 0 aliphatic carbocycles. The van der Waals surface area contributed by atoms with Crippen LogP contribution >= 0.6 is 0 Å². The molecular weight excluding hydrogens is 472 g/mol. The van der Waals surface area contributed by atoms with Gasteiger partial charge in [0.25, 0.3) is 0 Å². The first kappa shape index (κ1) is 28.4. The number of methoxy groups -OCH3 is 1. The number of Topliss-reactive ketones (excluding diaryl/α,β-unsaturated/α-hetero) is 1. The van der Waals surface area contributed by atoms with E-state index in [1.54, 1.807) is 20.1 Å². The Balaban J connectivity index is 1.52. The predicted octanol–water partition coefficient (Wildman–Crippen LogP) is 6.21. The highest BCUT2D eigenvalue weighted by molar-refractivity contribution is 5.97. The summed E-state index contributed by atoms with van der Waals surface area (Å²) in [7, 11) is 1.59. The Morgan fingerprint density at radius 3 is 2.16 bits per heavy atom. The summed E-state index contributed by atoms with van der Waals surface area (Å²) in [6, 6.07) is 7.63. The topological polar surface area (TPSA) is 91.3 Å². The molecule has 0 aromatic heterocycles. The van der Waals surface area contributed by atoms with Crippen LogP contribution in [0.25, 0.3) is 0 Å². The Bertz CT molecular complexity index is 1080. The molecule has 7 heteroatoms. The highest BCUT2D eigenvalue weighted by atomic mass is 16.5. The molecular formula is C30H40O7. The van der Waals surface area contributed by atoms with E-state index in [2.05, 4.69) is 13.8 Å². The van der Waals surface area contributed by atoms with Gasteiger partial charge in [-0.15, -0.1) is 0 Å². The van der Waals surface area contributed by atoms with E-state index in [0.29, 0.717) is 43.1 Å². The van der Waals surface area contributed by atoms with Crippen LogP contribution in [-0.2, 0) is 24.1 Å². The van der Waals surface area contributed by atoms with E-state index in [9.17, 15) is 14.7 Å². The summed E-state index contributed by atoms with van der Waals surface area (Å²) < 4.78 is 23.6. The lowest BCUT2D eigenvalue weighted by Gasteiger charge is -2.26. The number of ketones is 1. The average molecular weight is 513 g/mol. The molecule has 1 aliphatic rings. The van der Waals surface area contributed by atoms with Crippen LogP contribution in [0.2, 0.25) is 0 Å². The molecule has 1 unspecified atom stereocenters. The Kier molecular flexibility index (Phi) is 10.7. The summed E-state index contributed by atoms with van der Waals surface area (Å²) in [6.07, 6.45) is 6.50. The molecule has 37 heavy (non-hydrogen) atoms. The number of aryl methyl sites for hydroxylation is 1. The van der Waals surface area contributed by atoms with Crippen molar-refractivity contribution in [1.82, 2.24) is 0 Å². The predicted molar refractivity (Wildman–Crippen MR) is 143 cm³/mol. The maximum Gasteiger partial charge on any atom is 0.344 e. The summed E-state index contributed by atoms with van der Waals surface area (Å²) in [6.45, 7) is 6.87. The Labute approximate surface area is 220 Å². The average Bonchev–Trinajstić information content (AvgIpc) is 2.89. The molecule has 1 heterocycles. The third kappa shape index (κ3) is 7.18. The number of benzene rings is 2. The van der Waals surface area contributed by atoms with Gasteiger partial charge in [-0.3, -0.25) is 4.79 Å². The summed E-state index contributed by atoms with van der Waals surface area (Å²) in [5, 5.41) is 9.39. The van der Waals surface area contributed by atoms with E-state index in [4.69, 9.17) is 18.9 Å². The van der Waals surface area contributed by atoms with Crippen molar-refractivity contribution in [2.24, 2.45) is 0 Å². The molecule has 0 amide bonds. The number of hydrogen-bond acceptors (Lipinski definition) is 6. The molecule has 3 rings (SSSR count). The second-order valence-electron chi connectivity index (χ2n) is 9.45. The second kappa shape index (κ2) is 13.9. The number of fused-ring (bicyclic) bond motifs is 1. The van der Waals surface area contributed by atoms with Crippen molar-refractivity contribution >= 4 is 11.8 Å². The zero-order valence-corrected chi connectivity index (χ0v) is 22.6. The molecule has 202 valence electrons. The number of carboxylic acid groups (broad SMARTS) is 1. The third-order valence-electron chi connectivity index (χ3n) is 6.62. The lowest BCUT2D eigenvalue weighted by Crippen LogP contribution is -2.31. The number of carbonyl (C=O) groups is 2. The van der Waals surface area contributed by atoms with Gasteiger partial charge in [-0.05, 0) is 75.6 Å². The fraction of sp³-hybridized carbons (Fsp3) is 0.533. The molecule has 0 spiro atoms. The number of ether oxygens (including phenoxy) is 4. The van der Waals surface area contributed by atoms with Crippen LogP contribution < -0.4 is 18.9 Å². The van der Waals surface area contributed by atoms with Gasteiger partial charge in [-0.2, -0.15) is 0 Å². The Hall–Kier alpha value is -3.22. The molecule has 0 bridgehead atoms. The maximum absolute atomic E-state index is 12.0. The van der Waals surface area contributed by atoms with Crippen molar-refractivity contribution in [3.05, 3.63) is 46.5 Å². The molecule has 7 nitrogen and oxygen atoms in total. The SMILES string of the molecule is CCCc1c(OCCCCCOc2ccc(C(C)=O)c(OC)c2CCC)ccc2c1OC(C(=O)O)CC2. The van der Waals surface area contributed by atoms with E-state index in [1.165, 1.54) is 0 Å². The smallest absolute Gasteiger partial charge is 0.344 e. The molecule has 0 saturated carbocycles. The van der Waals surface area contributed by atoms with Gasteiger partial charge in [0, 0.05) is 11.1 Å². The molecule has 2 aromatic rings. The highest BCUT2D eigenvalue weighted by Gasteiger charge is 2.28. The normalized spacial score (nSPS) is 14.4. The van der Waals surface area contributed by atoms with Gasteiger partial charge in [0.2, 0.25) is 0 Å². The van der Waals surface area contributed by atoms with Gasteiger partial charge in [0.1, 0.15) is 23.0 Å². The molecule has 1 atom stereocenters. The van der Waals surface area contributed by atoms with E-state index in [-0.39, 0.29) is 5.78 Å². The van der Waals surface area contributed by atoms with Gasteiger partial charge < -0.3 is 24.1 Å². The first-order valence-electron chi connectivity index (χ1n) is 13.4. The minimum absolute atomic E-state index is 0.0185. The molecule has 2 aromatic carbocycles. The van der Waals surface area contributed by atoms with Crippen molar-refractivity contribution in [1.29, 1.82) is 0 Å². The van der Waals surface area contributed by atoms with Crippen molar-refractivity contribution < 1.29 is 33.6 Å².